The third kappa shape index (κ3) is 3.96. The third-order valence-corrected chi connectivity index (χ3v) is 2.33. The molecule has 1 atom stereocenters. The molecule has 1 rings (SSSR count). The highest BCUT2D eigenvalue weighted by Gasteiger charge is 2.15. The lowest BCUT2D eigenvalue weighted by molar-refractivity contribution is -0.139. The number of aliphatic carboxylic acids is 1. The Bertz CT molecular complexity index is 329. The molecule has 0 aliphatic rings. The smallest absolute Gasteiger partial charge is 0.321 e. The standard InChI is InChI=1S/C11H17N3O2/c1-2-14(8-10(12)11(15)16)7-9-5-3-4-6-13-9/h3-6,10H,2,7-8,12H2,1H3,(H,15,16). The number of rotatable bonds is 6. The fourth-order valence-corrected chi connectivity index (χ4v) is 1.38. The first-order valence-corrected chi connectivity index (χ1v) is 5.24. The number of carbonyl (C=O) groups is 1. The maximum atomic E-state index is 10.6. The van der Waals surface area contributed by atoms with Gasteiger partial charge in [0.2, 0.25) is 0 Å². The van der Waals surface area contributed by atoms with Crippen molar-refractivity contribution in [3.05, 3.63) is 30.1 Å². The molecular formula is C11H17N3O2. The number of nitrogens with two attached hydrogens (primary N) is 1. The van der Waals surface area contributed by atoms with Crippen LogP contribution in [0.1, 0.15) is 12.6 Å². The Morgan fingerprint density at radius 2 is 2.38 bits per heavy atom. The van der Waals surface area contributed by atoms with Gasteiger partial charge in [-0.1, -0.05) is 13.0 Å². The molecule has 0 fully saturated rings. The van der Waals surface area contributed by atoms with Gasteiger partial charge in [-0.3, -0.25) is 14.7 Å². The summed E-state index contributed by atoms with van der Waals surface area (Å²) in [5.41, 5.74) is 6.40. The molecule has 1 unspecified atom stereocenters. The van der Waals surface area contributed by atoms with Gasteiger partial charge in [0.25, 0.3) is 0 Å². The average Bonchev–Trinajstić information content (AvgIpc) is 2.29. The van der Waals surface area contributed by atoms with Crippen LogP contribution in [0.4, 0.5) is 0 Å². The molecule has 1 aromatic heterocycles. The maximum absolute atomic E-state index is 10.6. The largest absolute Gasteiger partial charge is 0.480 e. The first-order valence-electron chi connectivity index (χ1n) is 5.24. The summed E-state index contributed by atoms with van der Waals surface area (Å²) in [6.45, 7) is 3.68. The van der Waals surface area contributed by atoms with Crippen LogP contribution in [0.15, 0.2) is 24.4 Å². The molecule has 0 aromatic carbocycles. The van der Waals surface area contributed by atoms with Gasteiger partial charge in [-0.15, -0.1) is 0 Å². The summed E-state index contributed by atoms with van der Waals surface area (Å²) in [5, 5.41) is 8.73. The molecule has 5 heteroatoms. The first kappa shape index (κ1) is 12.6. The predicted molar refractivity (Wildman–Crippen MR) is 60.8 cm³/mol. The number of likely N-dealkylation sites (N-methyl/N-ethyl adjacent to an activating group) is 1. The van der Waals surface area contributed by atoms with Gasteiger partial charge in [0.15, 0.2) is 0 Å². The van der Waals surface area contributed by atoms with E-state index < -0.39 is 12.0 Å². The Kier molecular flexibility index (Phi) is 4.88. The van der Waals surface area contributed by atoms with Gasteiger partial charge >= 0.3 is 5.97 Å². The third-order valence-electron chi connectivity index (χ3n) is 2.33. The van der Waals surface area contributed by atoms with Crippen LogP contribution in [0.2, 0.25) is 0 Å². The molecular weight excluding hydrogens is 206 g/mol. The number of hydrogen-bond acceptors (Lipinski definition) is 4. The quantitative estimate of drug-likeness (QED) is 0.726. The van der Waals surface area contributed by atoms with E-state index in [1.54, 1.807) is 6.20 Å². The predicted octanol–water partition coefficient (Wildman–Crippen LogP) is 0.315. The molecule has 1 aromatic rings. The van der Waals surface area contributed by atoms with Gasteiger partial charge in [-0.05, 0) is 18.7 Å². The molecule has 0 aliphatic carbocycles. The van der Waals surface area contributed by atoms with Crippen LogP contribution < -0.4 is 5.73 Å². The van der Waals surface area contributed by atoms with Gasteiger partial charge < -0.3 is 10.8 Å². The number of nitrogens with zero attached hydrogens (tertiary/aromatic N) is 2. The topological polar surface area (TPSA) is 79.5 Å². The number of pyridine rings is 1. The van der Waals surface area contributed by atoms with Crippen molar-refractivity contribution in [2.45, 2.75) is 19.5 Å². The number of hydrogen-bond donors (Lipinski definition) is 2. The van der Waals surface area contributed by atoms with Crippen LogP contribution in [0, 0.1) is 0 Å². The minimum absolute atomic E-state index is 0.336. The highest BCUT2D eigenvalue weighted by Crippen LogP contribution is 2.01. The van der Waals surface area contributed by atoms with E-state index in [1.807, 2.05) is 30.0 Å². The molecule has 0 amide bonds. The van der Waals surface area contributed by atoms with E-state index in [1.165, 1.54) is 0 Å². The molecule has 5 nitrogen and oxygen atoms in total. The fraction of sp³-hybridized carbons (Fsp3) is 0.455. The molecule has 16 heavy (non-hydrogen) atoms. The Morgan fingerprint density at radius 1 is 1.62 bits per heavy atom. The lowest BCUT2D eigenvalue weighted by atomic mass is 10.2. The second-order valence-corrected chi connectivity index (χ2v) is 3.59. The second-order valence-electron chi connectivity index (χ2n) is 3.59. The zero-order chi connectivity index (χ0) is 12.0. The summed E-state index contributed by atoms with van der Waals surface area (Å²) >= 11 is 0. The minimum Gasteiger partial charge on any atom is -0.480 e. The fourth-order valence-electron chi connectivity index (χ4n) is 1.38. The van der Waals surface area contributed by atoms with Crippen molar-refractivity contribution in [1.82, 2.24) is 9.88 Å². The zero-order valence-electron chi connectivity index (χ0n) is 9.34. The van der Waals surface area contributed by atoms with Gasteiger partial charge in [-0.25, -0.2) is 0 Å². The van der Waals surface area contributed by atoms with Crippen LogP contribution in [0.3, 0.4) is 0 Å². The van der Waals surface area contributed by atoms with Crippen LogP contribution in [-0.2, 0) is 11.3 Å². The number of carboxylic acids is 1. The molecule has 0 spiro atoms. The van der Waals surface area contributed by atoms with E-state index in [4.69, 9.17) is 10.8 Å². The normalized spacial score (nSPS) is 12.7. The molecule has 88 valence electrons. The maximum Gasteiger partial charge on any atom is 0.321 e. The van der Waals surface area contributed by atoms with Gasteiger partial charge in [0.1, 0.15) is 6.04 Å². The van der Waals surface area contributed by atoms with Crippen molar-refractivity contribution < 1.29 is 9.90 Å². The zero-order valence-corrected chi connectivity index (χ0v) is 9.34. The van der Waals surface area contributed by atoms with E-state index >= 15 is 0 Å². The highest BCUT2D eigenvalue weighted by atomic mass is 16.4. The van der Waals surface area contributed by atoms with Crippen LogP contribution >= 0.6 is 0 Å². The summed E-state index contributed by atoms with van der Waals surface area (Å²) < 4.78 is 0. The molecule has 0 bridgehead atoms. The van der Waals surface area contributed by atoms with Gasteiger partial charge in [-0.2, -0.15) is 0 Å². The molecule has 3 N–H and O–H groups in total. The Hall–Kier alpha value is -1.46. The van der Waals surface area contributed by atoms with E-state index in [2.05, 4.69) is 4.98 Å². The molecule has 0 saturated heterocycles. The summed E-state index contributed by atoms with van der Waals surface area (Å²) in [5.74, 6) is -0.973. The van der Waals surface area contributed by atoms with Crippen molar-refractivity contribution in [2.75, 3.05) is 13.1 Å². The van der Waals surface area contributed by atoms with Crippen molar-refractivity contribution in [3.8, 4) is 0 Å². The van der Waals surface area contributed by atoms with Crippen LogP contribution in [-0.4, -0.2) is 40.1 Å². The second kappa shape index (κ2) is 6.19. The first-order chi connectivity index (χ1) is 7.63. The van der Waals surface area contributed by atoms with Crippen LogP contribution in [0.25, 0.3) is 0 Å². The van der Waals surface area contributed by atoms with E-state index in [-0.39, 0.29) is 0 Å². The summed E-state index contributed by atoms with van der Waals surface area (Å²) in [6, 6.07) is 4.83. The number of carboxylic acid groups (broad SMARTS) is 1. The molecule has 0 saturated carbocycles. The van der Waals surface area contributed by atoms with Crippen molar-refractivity contribution in [3.63, 3.8) is 0 Å². The SMILES string of the molecule is CCN(Cc1ccccn1)CC(N)C(=O)O. The lowest BCUT2D eigenvalue weighted by Gasteiger charge is -2.21. The van der Waals surface area contributed by atoms with E-state index in [0.29, 0.717) is 13.1 Å². The Labute approximate surface area is 94.9 Å². The number of aromatic nitrogens is 1. The average molecular weight is 223 g/mol. The Morgan fingerprint density at radius 3 is 2.88 bits per heavy atom. The molecule has 0 aliphatic heterocycles. The monoisotopic (exact) mass is 223 g/mol. The van der Waals surface area contributed by atoms with Crippen molar-refractivity contribution in [1.29, 1.82) is 0 Å². The van der Waals surface area contributed by atoms with E-state index in [0.717, 1.165) is 12.2 Å². The van der Waals surface area contributed by atoms with Crippen LogP contribution in [0.5, 0.6) is 0 Å². The minimum atomic E-state index is -0.973. The molecule has 1 heterocycles. The lowest BCUT2D eigenvalue weighted by Crippen LogP contribution is -2.42. The summed E-state index contributed by atoms with van der Waals surface area (Å²) in [4.78, 5) is 16.8. The summed E-state index contributed by atoms with van der Waals surface area (Å²) in [7, 11) is 0. The highest BCUT2D eigenvalue weighted by molar-refractivity contribution is 5.73. The van der Waals surface area contributed by atoms with Crippen molar-refractivity contribution >= 4 is 5.97 Å². The summed E-state index contributed by atoms with van der Waals surface area (Å²) in [6.07, 6.45) is 1.72. The van der Waals surface area contributed by atoms with Gasteiger partial charge in [0, 0.05) is 19.3 Å². The Balaban J connectivity index is 2.53. The van der Waals surface area contributed by atoms with Gasteiger partial charge in [0.05, 0.1) is 5.69 Å². The molecule has 0 radical (unpaired) electrons. The van der Waals surface area contributed by atoms with E-state index in [9.17, 15) is 4.79 Å². The van der Waals surface area contributed by atoms with Crippen molar-refractivity contribution in [2.24, 2.45) is 5.73 Å².